The van der Waals surface area contributed by atoms with Crippen molar-refractivity contribution in [3.63, 3.8) is 0 Å². The number of nitrogens with zero attached hydrogens (tertiary/aromatic N) is 6. The lowest BCUT2D eigenvalue weighted by molar-refractivity contribution is 0.0228. The highest BCUT2D eigenvalue weighted by atomic mass is 35.5. The van der Waals surface area contributed by atoms with E-state index >= 15 is 0 Å². The smallest absolute Gasteiger partial charge is 0.410 e. The number of ether oxygens (including phenoxy) is 1. The summed E-state index contributed by atoms with van der Waals surface area (Å²) >= 11 is 6.10. The molecule has 4 rings (SSSR count). The first-order valence-electron chi connectivity index (χ1n) is 12.2. The number of anilines is 1. The number of carbonyl (C=O) groups excluding carboxylic acids is 1. The van der Waals surface area contributed by atoms with Crippen LogP contribution in [-0.4, -0.2) is 49.2 Å². The van der Waals surface area contributed by atoms with Crippen molar-refractivity contribution in [1.29, 1.82) is 5.26 Å². The molecule has 0 saturated carbocycles. The average Bonchev–Trinajstić information content (AvgIpc) is 3.36. The number of aromatic nitrogens is 4. The van der Waals surface area contributed by atoms with E-state index in [1.165, 1.54) is 0 Å². The van der Waals surface area contributed by atoms with E-state index in [9.17, 15) is 10.1 Å². The number of nitrogens with two attached hydrogens (primary N) is 1. The molecule has 1 aromatic carbocycles. The standard InChI is InChI=1S/C26H32ClN7O2/c1-26(2,3)36-25(35)32-11-5-9-21(10-6-12-32)34-24(29)22(14-28)23(31-34)19-15-30-33(17-19)16-18-7-4-8-20(27)13-18/h4,7-8,13,15,17,21H,5-6,9-12,16,29H2,1-3H3. The molecular weight excluding hydrogens is 478 g/mol. The summed E-state index contributed by atoms with van der Waals surface area (Å²) in [5, 5.41) is 19.7. The minimum atomic E-state index is -0.516. The zero-order valence-corrected chi connectivity index (χ0v) is 21.7. The zero-order chi connectivity index (χ0) is 25.9. The van der Waals surface area contributed by atoms with Gasteiger partial charge in [0.15, 0.2) is 0 Å². The van der Waals surface area contributed by atoms with E-state index in [2.05, 4.69) is 11.2 Å². The molecule has 3 aromatic rings. The summed E-state index contributed by atoms with van der Waals surface area (Å²) in [5.74, 6) is 0.365. The van der Waals surface area contributed by atoms with Gasteiger partial charge in [-0.05, 0) is 64.2 Å². The van der Waals surface area contributed by atoms with Crippen molar-refractivity contribution in [3.8, 4) is 17.3 Å². The van der Waals surface area contributed by atoms with Crippen LogP contribution in [0.4, 0.5) is 10.6 Å². The van der Waals surface area contributed by atoms with E-state index in [-0.39, 0.29) is 12.1 Å². The number of nitrogen functional groups attached to an aromatic ring is 1. The number of hydrogen-bond donors (Lipinski definition) is 1. The first-order chi connectivity index (χ1) is 17.1. The van der Waals surface area contributed by atoms with Gasteiger partial charge in [0.1, 0.15) is 28.7 Å². The van der Waals surface area contributed by atoms with E-state index in [0.717, 1.165) is 36.8 Å². The monoisotopic (exact) mass is 509 g/mol. The van der Waals surface area contributed by atoms with Crippen molar-refractivity contribution >= 4 is 23.5 Å². The molecule has 1 amide bonds. The molecule has 10 heteroatoms. The Balaban J connectivity index is 1.48. The summed E-state index contributed by atoms with van der Waals surface area (Å²) in [4.78, 5) is 14.2. The molecule has 2 aromatic heterocycles. The Labute approximate surface area is 216 Å². The SMILES string of the molecule is CC(C)(C)OC(=O)N1CCCC(n2nc(-c3cnn(Cc4cccc(Cl)c4)c3)c(C#N)c2N)CCC1. The number of hydrogen-bond acceptors (Lipinski definition) is 6. The van der Waals surface area contributed by atoms with Gasteiger partial charge in [-0.25, -0.2) is 9.48 Å². The van der Waals surface area contributed by atoms with Gasteiger partial charge < -0.3 is 15.4 Å². The maximum atomic E-state index is 12.5. The van der Waals surface area contributed by atoms with Gasteiger partial charge in [-0.2, -0.15) is 15.5 Å². The molecule has 1 fully saturated rings. The first kappa shape index (κ1) is 25.6. The van der Waals surface area contributed by atoms with Crippen molar-refractivity contribution < 1.29 is 9.53 Å². The van der Waals surface area contributed by atoms with E-state index < -0.39 is 5.60 Å². The van der Waals surface area contributed by atoms with Crippen LogP contribution in [0.3, 0.4) is 0 Å². The number of likely N-dealkylation sites (tertiary alicyclic amines) is 1. The lowest BCUT2D eigenvalue weighted by Gasteiger charge is -2.30. The number of halogens is 1. The van der Waals surface area contributed by atoms with Crippen molar-refractivity contribution in [2.45, 2.75) is 64.6 Å². The molecule has 36 heavy (non-hydrogen) atoms. The summed E-state index contributed by atoms with van der Waals surface area (Å²) in [6, 6.07) is 9.89. The van der Waals surface area contributed by atoms with Gasteiger partial charge >= 0.3 is 6.09 Å². The normalized spacial score (nSPS) is 15.2. The van der Waals surface area contributed by atoms with Crippen molar-refractivity contribution in [2.24, 2.45) is 0 Å². The highest BCUT2D eigenvalue weighted by Crippen LogP contribution is 2.32. The van der Waals surface area contributed by atoms with Crippen molar-refractivity contribution in [3.05, 3.63) is 52.8 Å². The van der Waals surface area contributed by atoms with Crippen LogP contribution in [0.2, 0.25) is 5.02 Å². The number of amides is 1. The number of rotatable bonds is 4. The van der Waals surface area contributed by atoms with Crippen LogP contribution in [0.15, 0.2) is 36.7 Å². The second-order valence-electron chi connectivity index (χ2n) is 10.1. The molecular formula is C26H32ClN7O2. The molecule has 9 nitrogen and oxygen atoms in total. The minimum absolute atomic E-state index is 0.0492. The Hall–Kier alpha value is -3.51. The van der Waals surface area contributed by atoms with Gasteiger partial charge in [0.05, 0.1) is 18.8 Å². The van der Waals surface area contributed by atoms with Crippen LogP contribution in [0, 0.1) is 11.3 Å². The fourth-order valence-electron chi connectivity index (χ4n) is 4.48. The highest BCUT2D eigenvalue weighted by Gasteiger charge is 2.27. The fourth-order valence-corrected chi connectivity index (χ4v) is 4.69. The van der Waals surface area contributed by atoms with Crippen LogP contribution < -0.4 is 5.73 Å². The van der Waals surface area contributed by atoms with E-state index in [4.69, 9.17) is 27.2 Å². The van der Waals surface area contributed by atoms with Gasteiger partial charge in [-0.15, -0.1) is 0 Å². The second kappa shape index (κ2) is 10.6. The molecule has 1 saturated heterocycles. The van der Waals surface area contributed by atoms with Gasteiger partial charge in [0.2, 0.25) is 0 Å². The predicted molar refractivity (Wildman–Crippen MR) is 138 cm³/mol. The second-order valence-corrected chi connectivity index (χ2v) is 10.6. The third-order valence-electron chi connectivity index (χ3n) is 6.13. The van der Waals surface area contributed by atoms with Crippen LogP contribution >= 0.6 is 11.6 Å². The summed E-state index contributed by atoms with van der Waals surface area (Å²) in [6.07, 6.45) is 6.46. The first-order valence-corrected chi connectivity index (χ1v) is 12.6. The van der Waals surface area contributed by atoms with Gasteiger partial charge in [-0.3, -0.25) is 4.68 Å². The van der Waals surface area contributed by atoms with E-state index in [0.29, 0.717) is 41.7 Å². The maximum absolute atomic E-state index is 12.5. The van der Waals surface area contributed by atoms with Crippen LogP contribution in [-0.2, 0) is 11.3 Å². The number of nitriles is 1. The molecule has 0 radical (unpaired) electrons. The summed E-state index contributed by atoms with van der Waals surface area (Å²) in [6.45, 7) is 7.39. The average molecular weight is 510 g/mol. The Morgan fingerprint density at radius 1 is 1.28 bits per heavy atom. The molecule has 2 N–H and O–H groups in total. The number of carbonyl (C=O) groups is 1. The molecule has 0 atom stereocenters. The van der Waals surface area contributed by atoms with Crippen LogP contribution in [0.1, 0.15) is 63.6 Å². The molecule has 1 aliphatic heterocycles. The van der Waals surface area contributed by atoms with Crippen molar-refractivity contribution in [1.82, 2.24) is 24.5 Å². The largest absolute Gasteiger partial charge is 0.444 e. The number of benzene rings is 1. The van der Waals surface area contributed by atoms with E-state index in [1.807, 2.05) is 51.2 Å². The molecule has 0 aliphatic carbocycles. The van der Waals surface area contributed by atoms with Crippen molar-refractivity contribution in [2.75, 3.05) is 18.8 Å². The Bertz CT molecular complexity index is 1260. The molecule has 0 unspecified atom stereocenters. The third kappa shape index (κ3) is 6.00. The third-order valence-corrected chi connectivity index (χ3v) is 6.36. The molecule has 1 aliphatic rings. The summed E-state index contributed by atoms with van der Waals surface area (Å²) in [7, 11) is 0. The van der Waals surface area contributed by atoms with Crippen LogP contribution in [0.25, 0.3) is 11.3 Å². The molecule has 190 valence electrons. The molecule has 0 spiro atoms. The zero-order valence-electron chi connectivity index (χ0n) is 20.9. The van der Waals surface area contributed by atoms with Gasteiger partial charge in [0.25, 0.3) is 0 Å². The summed E-state index contributed by atoms with van der Waals surface area (Å²) in [5.41, 5.74) is 8.55. The quantitative estimate of drug-likeness (QED) is 0.513. The lowest BCUT2D eigenvalue weighted by atomic mass is 10.0. The lowest BCUT2D eigenvalue weighted by Crippen LogP contribution is -2.39. The fraction of sp³-hybridized carbons (Fsp3) is 0.462. The predicted octanol–water partition coefficient (Wildman–Crippen LogP) is 5.25. The minimum Gasteiger partial charge on any atom is -0.444 e. The Morgan fingerprint density at radius 2 is 2.00 bits per heavy atom. The van der Waals surface area contributed by atoms with Gasteiger partial charge in [0, 0.05) is 29.9 Å². The van der Waals surface area contributed by atoms with Gasteiger partial charge in [-0.1, -0.05) is 23.7 Å². The highest BCUT2D eigenvalue weighted by molar-refractivity contribution is 6.30. The van der Waals surface area contributed by atoms with Crippen LogP contribution in [0.5, 0.6) is 0 Å². The van der Waals surface area contributed by atoms with E-state index in [1.54, 1.807) is 20.5 Å². The summed E-state index contributed by atoms with van der Waals surface area (Å²) < 4.78 is 9.10. The maximum Gasteiger partial charge on any atom is 0.410 e. The Kier molecular flexibility index (Phi) is 7.55. The molecule has 0 bridgehead atoms. The Morgan fingerprint density at radius 3 is 2.64 bits per heavy atom. The molecule has 3 heterocycles. The topological polar surface area (TPSA) is 115 Å².